The summed E-state index contributed by atoms with van der Waals surface area (Å²) in [6.45, 7) is 7.26. The van der Waals surface area contributed by atoms with Crippen molar-refractivity contribution in [2.24, 2.45) is 5.73 Å². The van der Waals surface area contributed by atoms with Crippen molar-refractivity contribution < 1.29 is 9.21 Å². The summed E-state index contributed by atoms with van der Waals surface area (Å²) in [4.78, 5) is 40.1. The second-order valence-corrected chi connectivity index (χ2v) is 8.28. The van der Waals surface area contributed by atoms with Crippen molar-refractivity contribution in [2.45, 2.75) is 33.7 Å². The number of nitrogens with one attached hydrogen (secondary N) is 2. The number of carbonyl (C=O) groups is 1. The Morgan fingerprint density at radius 1 is 1.06 bits per heavy atom. The average molecular weight is 444 g/mol. The number of amides is 1. The SMILES string of the molecule is Cc1cc([C@@H](C)Nc2cc(C)[nH]c(=O)c2C(N)=O)c2oc(-c3ccccc3)c(C)c(=O)c2c1. The Hall–Kier alpha value is -4.13. The van der Waals surface area contributed by atoms with Gasteiger partial charge in [-0.25, -0.2) is 0 Å². The van der Waals surface area contributed by atoms with Gasteiger partial charge in [0.25, 0.3) is 11.5 Å². The zero-order valence-electron chi connectivity index (χ0n) is 18.9. The van der Waals surface area contributed by atoms with Crippen molar-refractivity contribution >= 4 is 22.6 Å². The summed E-state index contributed by atoms with van der Waals surface area (Å²) in [6.07, 6.45) is 0. The van der Waals surface area contributed by atoms with Gasteiger partial charge in [-0.3, -0.25) is 14.4 Å². The zero-order chi connectivity index (χ0) is 23.9. The monoisotopic (exact) mass is 443 g/mol. The van der Waals surface area contributed by atoms with Crippen LogP contribution in [0, 0.1) is 20.8 Å². The summed E-state index contributed by atoms with van der Waals surface area (Å²) in [5, 5.41) is 3.70. The Balaban J connectivity index is 1.91. The number of anilines is 1. The number of carbonyl (C=O) groups excluding carboxylic acids is 1. The molecule has 168 valence electrons. The van der Waals surface area contributed by atoms with Crippen LogP contribution >= 0.6 is 0 Å². The molecule has 2 heterocycles. The van der Waals surface area contributed by atoms with Crippen molar-refractivity contribution in [3.63, 3.8) is 0 Å². The maximum Gasteiger partial charge on any atom is 0.263 e. The molecule has 0 spiro atoms. The maximum atomic E-state index is 13.3. The van der Waals surface area contributed by atoms with Gasteiger partial charge in [0.1, 0.15) is 16.9 Å². The molecule has 2 aromatic heterocycles. The summed E-state index contributed by atoms with van der Waals surface area (Å²) in [5.41, 5.74) is 8.98. The number of primary amides is 1. The van der Waals surface area contributed by atoms with Crippen LogP contribution in [-0.4, -0.2) is 10.9 Å². The molecule has 4 rings (SSSR count). The number of rotatable bonds is 5. The predicted molar refractivity (Wildman–Crippen MR) is 130 cm³/mol. The number of H-pyrrole nitrogens is 1. The minimum absolute atomic E-state index is 0.0999. The Labute approximate surface area is 190 Å². The van der Waals surface area contributed by atoms with Gasteiger partial charge in [-0.2, -0.15) is 0 Å². The molecule has 7 heteroatoms. The molecule has 7 nitrogen and oxygen atoms in total. The Bertz CT molecular complexity index is 1500. The first-order valence-corrected chi connectivity index (χ1v) is 10.6. The minimum atomic E-state index is -0.825. The molecule has 0 bridgehead atoms. The fourth-order valence-corrected chi connectivity index (χ4v) is 4.11. The molecule has 1 atom stereocenters. The number of nitrogens with two attached hydrogens (primary N) is 1. The fraction of sp³-hybridized carbons (Fsp3) is 0.192. The van der Waals surface area contributed by atoms with E-state index in [0.29, 0.717) is 33.7 Å². The number of hydrogen-bond donors (Lipinski definition) is 3. The molecular weight excluding hydrogens is 418 g/mol. The Morgan fingerprint density at radius 2 is 1.76 bits per heavy atom. The van der Waals surface area contributed by atoms with Gasteiger partial charge in [0.2, 0.25) is 0 Å². The molecule has 0 aliphatic rings. The Morgan fingerprint density at radius 3 is 2.42 bits per heavy atom. The number of aromatic amines is 1. The van der Waals surface area contributed by atoms with Crippen molar-refractivity contribution in [1.29, 1.82) is 0 Å². The third kappa shape index (κ3) is 4.05. The number of benzene rings is 2. The van der Waals surface area contributed by atoms with Gasteiger partial charge in [0.15, 0.2) is 5.43 Å². The van der Waals surface area contributed by atoms with Crippen LogP contribution in [0.5, 0.6) is 0 Å². The van der Waals surface area contributed by atoms with E-state index in [1.165, 1.54) is 0 Å². The second kappa shape index (κ2) is 8.43. The number of aryl methyl sites for hydroxylation is 2. The first-order chi connectivity index (χ1) is 15.7. The highest BCUT2D eigenvalue weighted by Gasteiger charge is 2.21. The average Bonchev–Trinajstić information content (AvgIpc) is 2.75. The van der Waals surface area contributed by atoms with E-state index in [4.69, 9.17) is 10.2 Å². The highest BCUT2D eigenvalue weighted by Crippen LogP contribution is 2.32. The van der Waals surface area contributed by atoms with Crippen molar-refractivity contribution in [1.82, 2.24) is 4.98 Å². The smallest absolute Gasteiger partial charge is 0.263 e. The van der Waals surface area contributed by atoms with Crippen LogP contribution in [-0.2, 0) is 0 Å². The molecular formula is C26H25N3O4. The van der Waals surface area contributed by atoms with E-state index in [0.717, 1.165) is 16.7 Å². The van der Waals surface area contributed by atoms with Gasteiger partial charge in [0.05, 0.1) is 17.1 Å². The first-order valence-electron chi connectivity index (χ1n) is 10.6. The van der Waals surface area contributed by atoms with E-state index in [1.54, 1.807) is 19.9 Å². The highest BCUT2D eigenvalue weighted by atomic mass is 16.3. The van der Waals surface area contributed by atoms with Crippen LogP contribution in [0.1, 0.15) is 45.7 Å². The van der Waals surface area contributed by atoms with Crippen LogP contribution in [0.3, 0.4) is 0 Å². The first kappa shape index (κ1) is 22.1. The Kier molecular flexibility index (Phi) is 5.64. The lowest BCUT2D eigenvalue weighted by Crippen LogP contribution is -2.27. The number of fused-ring (bicyclic) bond motifs is 1. The highest BCUT2D eigenvalue weighted by molar-refractivity contribution is 5.98. The van der Waals surface area contributed by atoms with E-state index in [-0.39, 0.29) is 11.0 Å². The van der Waals surface area contributed by atoms with E-state index in [1.807, 2.05) is 56.3 Å². The number of pyridine rings is 1. The molecule has 0 aliphatic heterocycles. The van der Waals surface area contributed by atoms with Crippen LogP contribution in [0.4, 0.5) is 5.69 Å². The number of hydrogen-bond acceptors (Lipinski definition) is 5. The molecule has 33 heavy (non-hydrogen) atoms. The van der Waals surface area contributed by atoms with Gasteiger partial charge in [-0.05, 0) is 45.4 Å². The summed E-state index contributed by atoms with van der Waals surface area (Å²) in [5.74, 6) is -0.316. The molecule has 0 fully saturated rings. The van der Waals surface area contributed by atoms with Crippen molar-refractivity contribution in [3.05, 3.63) is 97.1 Å². The molecule has 0 aliphatic carbocycles. The number of aromatic nitrogens is 1. The summed E-state index contributed by atoms with van der Waals surface area (Å²) in [7, 11) is 0. The van der Waals surface area contributed by atoms with Crippen molar-refractivity contribution in [3.8, 4) is 11.3 Å². The normalized spacial score (nSPS) is 12.0. The quantitative estimate of drug-likeness (QED) is 0.424. The van der Waals surface area contributed by atoms with Crippen molar-refractivity contribution in [2.75, 3.05) is 5.32 Å². The standard InChI is InChI=1S/C26H25N3O4/c1-13-10-18(16(4)29-20-12-14(2)28-26(32)21(20)25(27)31)24-19(11-13)22(30)15(3)23(33-24)17-8-6-5-7-9-17/h5-12,16H,1-4H3,(H2,27,31)(H2,28,29,32)/t16-/m1/s1. The predicted octanol–water partition coefficient (Wildman–Crippen LogP) is 4.35. The third-order valence-corrected chi connectivity index (χ3v) is 5.68. The molecule has 0 saturated heterocycles. The van der Waals surface area contributed by atoms with Gasteiger partial charge in [-0.15, -0.1) is 0 Å². The molecule has 4 aromatic rings. The largest absolute Gasteiger partial charge is 0.455 e. The van der Waals surface area contributed by atoms with Crippen LogP contribution < -0.4 is 22.0 Å². The topological polar surface area (TPSA) is 118 Å². The third-order valence-electron chi connectivity index (χ3n) is 5.68. The maximum absolute atomic E-state index is 13.3. The van der Waals surface area contributed by atoms with Gasteiger partial charge < -0.3 is 20.5 Å². The van der Waals surface area contributed by atoms with Crippen LogP contribution in [0.15, 0.2) is 62.5 Å². The minimum Gasteiger partial charge on any atom is -0.455 e. The van der Waals surface area contributed by atoms with Gasteiger partial charge >= 0.3 is 0 Å². The van der Waals surface area contributed by atoms with Crippen LogP contribution in [0.2, 0.25) is 0 Å². The zero-order valence-corrected chi connectivity index (χ0v) is 18.9. The van der Waals surface area contributed by atoms with Gasteiger partial charge in [-0.1, -0.05) is 36.4 Å². The van der Waals surface area contributed by atoms with E-state index in [9.17, 15) is 14.4 Å². The van der Waals surface area contributed by atoms with E-state index < -0.39 is 17.5 Å². The molecule has 2 aromatic carbocycles. The summed E-state index contributed by atoms with van der Waals surface area (Å²) in [6, 6.07) is 14.5. The lowest BCUT2D eigenvalue weighted by Gasteiger charge is -2.20. The second-order valence-electron chi connectivity index (χ2n) is 8.28. The molecule has 0 saturated carbocycles. The summed E-state index contributed by atoms with van der Waals surface area (Å²) >= 11 is 0. The van der Waals surface area contributed by atoms with E-state index in [2.05, 4.69) is 10.3 Å². The fourth-order valence-electron chi connectivity index (χ4n) is 4.11. The molecule has 0 radical (unpaired) electrons. The summed E-state index contributed by atoms with van der Waals surface area (Å²) < 4.78 is 6.33. The lowest BCUT2D eigenvalue weighted by molar-refractivity contribution is 0.0999. The van der Waals surface area contributed by atoms with Crippen LogP contribution in [0.25, 0.3) is 22.3 Å². The molecule has 0 unspecified atom stereocenters. The molecule has 1 amide bonds. The van der Waals surface area contributed by atoms with Gasteiger partial charge in [0, 0.05) is 22.4 Å². The lowest BCUT2D eigenvalue weighted by atomic mass is 9.98. The van der Waals surface area contributed by atoms with E-state index >= 15 is 0 Å². The molecule has 4 N–H and O–H groups in total.